The van der Waals surface area contributed by atoms with Gasteiger partial charge >= 0.3 is 6.03 Å². The van der Waals surface area contributed by atoms with Gasteiger partial charge in [0.15, 0.2) is 0 Å². The number of rotatable bonds is 3. The summed E-state index contributed by atoms with van der Waals surface area (Å²) in [7, 11) is 0. The molecule has 3 rings (SSSR count). The SMILES string of the molecule is O=C1N/C(=C\c2ccc(F)cc2)C(=O)N1Cc1ccccc1F. The highest BCUT2D eigenvalue weighted by Gasteiger charge is 2.33. The molecule has 0 spiro atoms. The lowest BCUT2D eigenvalue weighted by Gasteiger charge is -2.12. The van der Waals surface area contributed by atoms with Crippen LogP contribution >= 0.6 is 0 Å². The van der Waals surface area contributed by atoms with Crippen molar-refractivity contribution in [2.75, 3.05) is 0 Å². The summed E-state index contributed by atoms with van der Waals surface area (Å²) in [6.45, 7) is -0.155. The number of nitrogens with zero attached hydrogens (tertiary/aromatic N) is 1. The largest absolute Gasteiger partial charge is 0.329 e. The van der Waals surface area contributed by atoms with Gasteiger partial charge in [0.2, 0.25) is 0 Å². The maximum Gasteiger partial charge on any atom is 0.329 e. The van der Waals surface area contributed by atoms with E-state index in [-0.39, 0.29) is 17.8 Å². The third kappa shape index (κ3) is 3.11. The third-order valence-electron chi connectivity index (χ3n) is 3.43. The van der Waals surface area contributed by atoms with E-state index in [4.69, 9.17) is 0 Å². The average Bonchev–Trinajstić information content (AvgIpc) is 2.79. The molecule has 116 valence electrons. The van der Waals surface area contributed by atoms with Crippen molar-refractivity contribution in [1.82, 2.24) is 10.2 Å². The second-order valence-electron chi connectivity index (χ2n) is 5.02. The number of nitrogens with one attached hydrogen (secondary N) is 1. The molecule has 0 unspecified atom stereocenters. The van der Waals surface area contributed by atoms with Crippen molar-refractivity contribution in [3.63, 3.8) is 0 Å². The van der Waals surface area contributed by atoms with E-state index in [1.807, 2.05) is 0 Å². The highest BCUT2D eigenvalue weighted by atomic mass is 19.1. The number of amides is 3. The van der Waals surface area contributed by atoms with Gasteiger partial charge in [0, 0.05) is 5.56 Å². The molecule has 0 aliphatic carbocycles. The minimum atomic E-state index is -0.619. The first-order chi connectivity index (χ1) is 11.0. The van der Waals surface area contributed by atoms with Crippen LogP contribution in [0.1, 0.15) is 11.1 Å². The molecule has 4 nitrogen and oxygen atoms in total. The molecule has 0 radical (unpaired) electrons. The second-order valence-corrected chi connectivity index (χ2v) is 5.02. The topological polar surface area (TPSA) is 49.4 Å². The minimum absolute atomic E-state index is 0.0675. The van der Waals surface area contributed by atoms with Crippen molar-refractivity contribution in [2.45, 2.75) is 6.54 Å². The summed E-state index contributed by atoms with van der Waals surface area (Å²) in [6.07, 6.45) is 1.45. The van der Waals surface area contributed by atoms with E-state index in [0.717, 1.165) is 4.90 Å². The summed E-state index contributed by atoms with van der Waals surface area (Å²) in [4.78, 5) is 25.1. The first-order valence-corrected chi connectivity index (χ1v) is 6.88. The fourth-order valence-electron chi connectivity index (χ4n) is 2.24. The summed E-state index contributed by atoms with van der Waals surface area (Å²) in [6, 6.07) is 10.8. The summed E-state index contributed by atoms with van der Waals surface area (Å²) < 4.78 is 26.5. The van der Waals surface area contributed by atoms with Crippen LogP contribution in [0, 0.1) is 11.6 Å². The van der Waals surface area contributed by atoms with Crippen LogP contribution in [0.15, 0.2) is 54.2 Å². The Hall–Kier alpha value is -3.02. The number of benzene rings is 2. The number of carbonyl (C=O) groups is 2. The van der Waals surface area contributed by atoms with Crippen LogP contribution < -0.4 is 5.32 Å². The van der Waals surface area contributed by atoms with Gasteiger partial charge < -0.3 is 5.32 Å². The molecule has 0 bridgehead atoms. The van der Waals surface area contributed by atoms with Gasteiger partial charge in [0.1, 0.15) is 17.3 Å². The summed E-state index contributed by atoms with van der Waals surface area (Å²) in [5.74, 6) is -1.43. The van der Waals surface area contributed by atoms with E-state index in [1.165, 1.54) is 48.5 Å². The van der Waals surface area contributed by atoms with Gasteiger partial charge in [-0.3, -0.25) is 9.69 Å². The van der Waals surface area contributed by atoms with Crippen LogP contribution in [0.4, 0.5) is 13.6 Å². The predicted octanol–water partition coefficient (Wildman–Crippen LogP) is 3.06. The predicted molar refractivity (Wildman–Crippen MR) is 79.9 cm³/mol. The van der Waals surface area contributed by atoms with Crippen molar-refractivity contribution in [2.24, 2.45) is 0 Å². The van der Waals surface area contributed by atoms with Crippen LogP contribution in [0.3, 0.4) is 0 Å². The Morgan fingerprint density at radius 1 is 1.00 bits per heavy atom. The average molecular weight is 314 g/mol. The Kier molecular flexibility index (Phi) is 3.89. The number of hydrogen-bond donors (Lipinski definition) is 1. The van der Waals surface area contributed by atoms with E-state index in [0.29, 0.717) is 5.56 Å². The number of urea groups is 1. The molecule has 2 aromatic rings. The Bertz CT molecular complexity index is 800. The molecular formula is C17H12F2N2O2. The second kappa shape index (κ2) is 6.00. The zero-order chi connectivity index (χ0) is 16.4. The maximum atomic E-state index is 13.7. The third-order valence-corrected chi connectivity index (χ3v) is 3.43. The van der Waals surface area contributed by atoms with Gasteiger partial charge in [0.05, 0.1) is 6.54 Å². The molecule has 3 amide bonds. The molecule has 0 saturated carbocycles. The van der Waals surface area contributed by atoms with E-state index >= 15 is 0 Å². The van der Waals surface area contributed by atoms with Crippen LogP contribution in [0.5, 0.6) is 0 Å². The number of carbonyl (C=O) groups excluding carboxylic acids is 2. The van der Waals surface area contributed by atoms with Crippen molar-refractivity contribution < 1.29 is 18.4 Å². The van der Waals surface area contributed by atoms with E-state index in [1.54, 1.807) is 6.07 Å². The molecule has 2 aromatic carbocycles. The molecule has 1 aliphatic heterocycles. The van der Waals surface area contributed by atoms with Gasteiger partial charge in [-0.25, -0.2) is 13.6 Å². The lowest BCUT2D eigenvalue weighted by molar-refractivity contribution is -0.123. The van der Waals surface area contributed by atoms with Crippen LogP contribution in [-0.4, -0.2) is 16.8 Å². The van der Waals surface area contributed by atoms with E-state index < -0.39 is 23.6 Å². The molecule has 1 saturated heterocycles. The fraction of sp³-hybridized carbons (Fsp3) is 0.0588. The van der Waals surface area contributed by atoms with E-state index in [2.05, 4.69) is 5.32 Å². The molecule has 6 heteroatoms. The Morgan fingerprint density at radius 3 is 2.39 bits per heavy atom. The Morgan fingerprint density at radius 2 is 1.70 bits per heavy atom. The molecule has 1 N–H and O–H groups in total. The zero-order valence-corrected chi connectivity index (χ0v) is 11.9. The lowest BCUT2D eigenvalue weighted by atomic mass is 10.2. The van der Waals surface area contributed by atoms with Crippen molar-refractivity contribution in [1.29, 1.82) is 0 Å². The van der Waals surface area contributed by atoms with Gasteiger partial charge in [-0.05, 0) is 29.8 Å². The highest BCUT2D eigenvalue weighted by Crippen LogP contribution is 2.18. The van der Waals surface area contributed by atoms with Crippen molar-refractivity contribution in [3.05, 3.63) is 77.0 Å². The number of hydrogen-bond acceptors (Lipinski definition) is 2. The summed E-state index contributed by atoms with van der Waals surface area (Å²) >= 11 is 0. The van der Waals surface area contributed by atoms with Gasteiger partial charge in [-0.2, -0.15) is 0 Å². The maximum absolute atomic E-state index is 13.7. The van der Waals surface area contributed by atoms with Crippen LogP contribution in [0.25, 0.3) is 6.08 Å². The molecule has 0 aromatic heterocycles. The van der Waals surface area contributed by atoms with E-state index in [9.17, 15) is 18.4 Å². The normalized spacial score (nSPS) is 16.1. The first-order valence-electron chi connectivity index (χ1n) is 6.88. The lowest BCUT2D eigenvalue weighted by Crippen LogP contribution is -2.30. The molecule has 23 heavy (non-hydrogen) atoms. The summed E-state index contributed by atoms with van der Waals surface area (Å²) in [5, 5.41) is 2.44. The Labute approximate surface area is 131 Å². The molecule has 1 heterocycles. The molecular weight excluding hydrogens is 302 g/mol. The van der Waals surface area contributed by atoms with Gasteiger partial charge in [-0.1, -0.05) is 30.3 Å². The van der Waals surface area contributed by atoms with Crippen molar-refractivity contribution in [3.8, 4) is 0 Å². The van der Waals surface area contributed by atoms with Gasteiger partial charge in [-0.15, -0.1) is 0 Å². The highest BCUT2D eigenvalue weighted by molar-refractivity contribution is 6.13. The minimum Gasteiger partial charge on any atom is -0.303 e. The van der Waals surface area contributed by atoms with Crippen LogP contribution in [0.2, 0.25) is 0 Å². The smallest absolute Gasteiger partial charge is 0.303 e. The zero-order valence-electron chi connectivity index (χ0n) is 11.9. The van der Waals surface area contributed by atoms with Crippen molar-refractivity contribution >= 4 is 18.0 Å². The monoisotopic (exact) mass is 314 g/mol. The standard InChI is InChI=1S/C17H12F2N2O2/c18-13-7-5-11(6-8-13)9-15-16(22)21(17(23)20-15)10-12-3-1-2-4-14(12)19/h1-9H,10H2,(H,20,23)/b15-9-. The number of halogens is 2. The molecule has 0 atom stereocenters. The quantitative estimate of drug-likeness (QED) is 0.699. The Balaban J connectivity index is 1.82. The summed E-state index contributed by atoms with van der Waals surface area (Å²) in [5.41, 5.74) is 0.889. The molecule has 1 fully saturated rings. The fourth-order valence-corrected chi connectivity index (χ4v) is 2.24. The number of imide groups is 1. The van der Waals surface area contributed by atoms with Crippen LogP contribution in [-0.2, 0) is 11.3 Å². The first kappa shape index (κ1) is 14.9. The van der Waals surface area contributed by atoms with Gasteiger partial charge in [0.25, 0.3) is 5.91 Å². The molecule has 1 aliphatic rings.